The topological polar surface area (TPSA) is 34.4 Å². The Morgan fingerprint density at radius 3 is 2.70 bits per heavy atom. The second-order valence-electron chi connectivity index (χ2n) is 7.51. The van der Waals surface area contributed by atoms with Crippen molar-refractivity contribution >= 4 is 21.5 Å². The first kappa shape index (κ1) is 17.9. The van der Waals surface area contributed by atoms with Crippen molar-refractivity contribution in [3.8, 4) is 23.0 Å². The maximum atomic E-state index is 13.5. The Balaban J connectivity index is 1.65. The van der Waals surface area contributed by atoms with E-state index in [4.69, 9.17) is 4.99 Å². The van der Waals surface area contributed by atoms with Crippen LogP contribution in [0, 0.1) is 15.4 Å². The summed E-state index contributed by atoms with van der Waals surface area (Å²) in [6, 6.07) is 19.0. The molecule has 30 heavy (non-hydrogen) atoms. The molecule has 0 spiro atoms. The number of rotatable bonds is 3. The van der Waals surface area contributed by atoms with E-state index in [1.54, 1.807) is 4.57 Å². The third-order valence-corrected chi connectivity index (χ3v) is 8.25. The summed E-state index contributed by atoms with van der Waals surface area (Å²) in [7, 11) is 0. The molecule has 6 rings (SSSR count). The van der Waals surface area contributed by atoms with Gasteiger partial charge in [0, 0.05) is 0 Å². The molecular weight excluding hydrogens is 483 g/mol. The number of benzene rings is 3. The van der Waals surface area contributed by atoms with Crippen LogP contribution in [0.5, 0.6) is 0 Å². The number of hydrogen-bond acceptors (Lipinski definition) is 2. The summed E-state index contributed by atoms with van der Waals surface area (Å²) in [5.74, 6) is 6.19. The third-order valence-electron chi connectivity index (χ3n) is 5.88. The summed E-state index contributed by atoms with van der Waals surface area (Å²) in [4.78, 5) is 18.3. The van der Waals surface area contributed by atoms with Gasteiger partial charge in [-0.2, -0.15) is 0 Å². The predicted octanol–water partition coefficient (Wildman–Crippen LogP) is 0.935. The van der Waals surface area contributed by atoms with Gasteiger partial charge in [-0.05, 0) is 6.08 Å². The van der Waals surface area contributed by atoms with E-state index >= 15 is 0 Å². The SMILES string of the molecule is CC[I-]c1ccc(-c2ccc3c4n(c(=O)c5cccc2c53)C2C#CC=CC2N=4)cc1. The quantitative estimate of drug-likeness (QED) is 0.234. The van der Waals surface area contributed by atoms with Gasteiger partial charge in [-0.3, -0.25) is 0 Å². The molecule has 2 aliphatic rings. The Kier molecular flexibility index (Phi) is 4.07. The van der Waals surface area contributed by atoms with Crippen molar-refractivity contribution in [2.24, 2.45) is 4.99 Å². The number of hydrogen-bond donors (Lipinski definition) is 0. The molecule has 0 radical (unpaired) electrons. The molecule has 146 valence electrons. The Bertz CT molecular complexity index is 1530. The fourth-order valence-corrected chi connectivity index (χ4v) is 6.33. The van der Waals surface area contributed by atoms with Gasteiger partial charge in [0.25, 0.3) is 0 Å². The Morgan fingerprint density at radius 2 is 1.87 bits per heavy atom. The minimum absolute atomic E-state index is 0.00384. The van der Waals surface area contributed by atoms with Crippen LogP contribution < -0.4 is 32.3 Å². The van der Waals surface area contributed by atoms with E-state index in [9.17, 15) is 4.79 Å². The van der Waals surface area contributed by atoms with Crippen LogP contribution in [-0.4, -0.2) is 15.0 Å². The van der Waals surface area contributed by atoms with Crippen molar-refractivity contribution < 1.29 is 21.2 Å². The van der Waals surface area contributed by atoms with Gasteiger partial charge in [-0.25, -0.2) is 0 Å². The van der Waals surface area contributed by atoms with Gasteiger partial charge in [0.15, 0.2) is 0 Å². The van der Waals surface area contributed by atoms with Gasteiger partial charge >= 0.3 is 173 Å². The summed E-state index contributed by atoms with van der Waals surface area (Å²) in [6.45, 7) is 2.25. The molecule has 1 aliphatic heterocycles. The molecule has 1 aliphatic carbocycles. The Hall–Kier alpha value is -2.91. The van der Waals surface area contributed by atoms with E-state index in [2.05, 4.69) is 61.2 Å². The van der Waals surface area contributed by atoms with E-state index in [1.165, 1.54) is 13.6 Å². The van der Waals surface area contributed by atoms with E-state index in [1.807, 2.05) is 24.3 Å². The molecule has 0 amide bonds. The average molecular weight is 501 g/mol. The predicted molar refractivity (Wildman–Crippen MR) is 117 cm³/mol. The normalized spacial score (nSPS) is 18.8. The second-order valence-corrected chi connectivity index (χ2v) is 11.0. The van der Waals surface area contributed by atoms with Crippen LogP contribution >= 0.6 is 0 Å². The Morgan fingerprint density at radius 1 is 1.03 bits per heavy atom. The van der Waals surface area contributed by atoms with Gasteiger partial charge in [-0.15, -0.1) is 0 Å². The number of pyridine rings is 1. The molecule has 1 aromatic heterocycles. The zero-order chi connectivity index (χ0) is 20.2. The average Bonchev–Trinajstić information content (AvgIpc) is 3.18. The van der Waals surface area contributed by atoms with E-state index < -0.39 is 0 Å². The first-order valence-corrected chi connectivity index (χ1v) is 12.7. The molecule has 0 N–H and O–H groups in total. The molecule has 3 aromatic carbocycles. The number of halogens is 1. The van der Waals surface area contributed by atoms with Crippen LogP contribution in [0.1, 0.15) is 13.0 Å². The van der Waals surface area contributed by atoms with Gasteiger partial charge < -0.3 is 0 Å². The zero-order valence-corrected chi connectivity index (χ0v) is 18.6. The summed E-state index contributed by atoms with van der Waals surface area (Å²) < 4.78 is 4.51. The van der Waals surface area contributed by atoms with Crippen LogP contribution in [0.3, 0.4) is 0 Å². The molecule has 3 nitrogen and oxygen atoms in total. The van der Waals surface area contributed by atoms with Gasteiger partial charge in [0.2, 0.25) is 0 Å². The van der Waals surface area contributed by atoms with E-state index in [0.29, 0.717) is 0 Å². The summed E-state index contributed by atoms with van der Waals surface area (Å²) >= 11 is 0.105. The number of nitrogens with zero attached hydrogens (tertiary/aromatic N) is 2. The molecule has 0 bridgehead atoms. The summed E-state index contributed by atoms with van der Waals surface area (Å²) in [6.07, 6.45) is 3.83. The molecule has 0 saturated carbocycles. The minimum atomic E-state index is -0.199. The summed E-state index contributed by atoms with van der Waals surface area (Å²) in [5, 5.41) is 3.89. The molecule has 4 heteroatoms. The molecule has 2 atom stereocenters. The third kappa shape index (κ3) is 2.51. The zero-order valence-electron chi connectivity index (χ0n) is 16.4. The van der Waals surface area contributed by atoms with Gasteiger partial charge in [-0.1, -0.05) is 5.92 Å². The van der Waals surface area contributed by atoms with Crippen LogP contribution in [0.25, 0.3) is 32.7 Å². The molecule has 0 fully saturated rings. The van der Waals surface area contributed by atoms with Crippen molar-refractivity contribution in [1.82, 2.24) is 4.57 Å². The van der Waals surface area contributed by atoms with Gasteiger partial charge in [0.1, 0.15) is 0 Å². The molecule has 4 aromatic rings. The van der Waals surface area contributed by atoms with Crippen molar-refractivity contribution in [3.05, 3.63) is 86.2 Å². The second kappa shape index (κ2) is 6.82. The van der Waals surface area contributed by atoms with Gasteiger partial charge in [0.05, 0.1) is 0 Å². The first-order chi connectivity index (χ1) is 14.8. The van der Waals surface area contributed by atoms with Crippen LogP contribution in [0.4, 0.5) is 0 Å². The van der Waals surface area contributed by atoms with Crippen LogP contribution in [-0.2, 0) is 0 Å². The van der Waals surface area contributed by atoms with E-state index in [-0.39, 0.29) is 38.8 Å². The maximum absolute atomic E-state index is 13.5. The molecule has 2 unspecified atom stereocenters. The first-order valence-electron chi connectivity index (χ1n) is 10.1. The Labute approximate surface area is 184 Å². The van der Waals surface area contributed by atoms with Crippen molar-refractivity contribution in [3.63, 3.8) is 0 Å². The molecule has 2 heterocycles. The van der Waals surface area contributed by atoms with E-state index in [0.717, 1.165) is 32.6 Å². The number of fused-ring (bicyclic) bond motifs is 4. The van der Waals surface area contributed by atoms with Crippen LogP contribution in [0.2, 0.25) is 0 Å². The molecule has 0 saturated heterocycles. The number of alkyl halides is 1. The standard InChI is InChI=1S/C26H18IN2O/c1-2-27-17-12-10-16(11-13-17)18-14-15-20-24-19(18)6-5-7-21(24)26(30)29-23-9-4-3-8-22(23)28-25(20)29/h3,5-8,10-15,22-23H,2H2,1H3/q-1. The monoisotopic (exact) mass is 501 g/mol. The fourth-order valence-electron chi connectivity index (χ4n) is 4.58. The molecular formula is C26H18IN2O-. The fraction of sp³-hybridized carbons (Fsp3) is 0.154. The van der Waals surface area contributed by atoms with Crippen molar-refractivity contribution in [1.29, 1.82) is 0 Å². The number of aromatic nitrogens is 1. The van der Waals surface area contributed by atoms with Crippen molar-refractivity contribution in [2.75, 3.05) is 4.43 Å². The van der Waals surface area contributed by atoms with Crippen LogP contribution in [0.15, 0.2) is 76.5 Å². The summed E-state index contributed by atoms with van der Waals surface area (Å²) in [5.41, 5.74) is 3.11. The number of allylic oxidation sites excluding steroid dienone is 1. The van der Waals surface area contributed by atoms with Crippen molar-refractivity contribution in [2.45, 2.75) is 19.0 Å².